The Morgan fingerprint density at radius 1 is 1.33 bits per heavy atom. The molecule has 0 unspecified atom stereocenters. The van der Waals surface area contributed by atoms with Crippen molar-refractivity contribution in [2.45, 2.75) is 25.7 Å². The van der Waals surface area contributed by atoms with Crippen LogP contribution in [0.25, 0.3) is 10.2 Å². The van der Waals surface area contributed by atoms with Crippen LogP contribution in [0, 0.1) is 0 Å². The number of nitrogens with zero attached hydrogens (tertiary/aromatic N) is 3. The van der Waals surface area contributed by atoms with E-state index < -0.39 is 0 Å². The Morgan fingerprint density at radius 3 is 3.04 bits per heavy atom. The molecular weight excluding hydrogens is 390 g/mol. The molecule has 2 heterocycles. The number of thiophene rings is 1. The summed E-state index contributed by atoms with van der Waals surface area (Å²) in [5.74, 6) is 0.108. The minimum Gasteiger partial charge on any atom is -0.507 e. The fourth-order valence-corrected chi connectivity index (χ4v) is 4.57. The smallest absolute Gasteiger partial charge is 0.282 e. The van der Waals surface area contributed by atoms with Crippen LogP contribution in [-0.4, -0.2) is 21.0 Å². The van der Waals surface area contributed by atoms with Gasteiger partial charge in [0.1, 0.15) is 16.9 Å². The predicted octanol–water partition coefficient (Wildman–Crippen LogP) is 3.69. The van der Waals surface area contributed by atoms with Gasteiger partial charge < -0.3 is 5.11 Å². The first-order chi connectivity index (χ1) is 11.6. The number of phenols is 1. The third-order valence-electron chi connectivity index (χ3n) is 4.17. The van der Waals surface area contributed by atoms with Crippen molar-refractivity contribution in [2.24, 2.45) is 5.10 Å². The Labute approximate surface area is 150 Å². The van der Waals surface area contributed by atoms with Crippen LogP contribution in [0.3, 0.4) is 0 Å². The number of hydrogen-bond donors (Lipinski definition) is 1. The van der Waals surface area contributed by atoms with Crippen LogP contribution in [0.1, 0.15) is 28.8 Å². The van der Waals surface area contributed by atoms with Gasteiger partial charge in [0.2, 0.25) is 0 Å². The fraction of sp³-hybridized carbons (Fsp3) is 0.235. The van der Waals surface area contributed by atoms with E-state index in [1.807, 2.05) is 0 Å². The molecule has 5 nitrogen and oxygen atoms in total. The second-order valence-electron chi connectivity index (χ2n) is 5.73. The Balaban J connectivity index is 1.80. The molecule has 0 radical (unpaired) electrons. The number of aromatic nitrogens is 2. The Bertz CT molecular complexity index is 1020. The minimum atomic E-state index is -0.148. The van der Waals surface area contributed by atoms with Crippen LogP contribution in [0.15, 0.2) is 38.9 Å². The van der Waals surface area contributed by atoms with E-state index in [2.05, 4.69) is 26.0 Å². The lowest BCUT2D eigenvalue weighted by molar-refractivity contribution is 0.474. The maximum Gasteiger partial charge on any atom is 0.282 e. The Hall–Kier alpha value is -1.99. The second-order valence-corrected chi connectivity index (χ2v) is 7.73. The lowest BCUT2D eigenvalue weighted by Gasteiger charge is -2.09. The number of rotatable bonds is 2. The molecule has 1 aromatic carbocycles. The van der Waals surface area contributed by atoms with Crippen molar-refractivity contribution >= 4 is 43.7 Å². The largest absolute Gasteiger partial charge is 0.507 e. The van der Waals surface area contributed by atoms with Crippen molar-refractivity contribution in [3.63, 3.8) is 0 Å². The van der Waals surface area contributed by atoms with Crippen LogP contribution < -0.4 is 5.56 Å². The summed E-state index contributed by atoms with van der Waals surface area (Å²) in [6.07, 6.45) is 7.17. The van der Waals surface area contributed by atoms with Gasteiger partial charge in [0.05, 0.1) is 11.6 Å². The summed E-state index contributed by atoms with van der Waals surface area (Å²) < 4.78 is 2.07. The van der Waals surface area contributed by atoms with Crippen molar-refractivity contribution in [1.82, 2.24) is 9.66 Å². The van der Waals surface area contributed by atoms with Crippen LogP contribution in [0.2, 0.25) is 0 Å². The van der Waals surface area contributed by atoms with E-state index in [4.69, 9.17) is 0 Å². The average Bonchev–Trinajstić information content (AvgIpc) is 2.96. The first kappa shape index (κ1) is 15.5. The molecule has 1 aliphatic carbocycles. The zero-order chi connectivity index (χ0) is 16.7. The molecule has 2 aromatic heterocycles. The third kappa shape index (κ3) is 2.67. The Morgan fingerprint density at radius 2 is 2.17 bits per heavy atom. The molecule has 0 saturated heterocycles. The van der Waals surface area contributed by atoms with Crippen molar-refractivity contribution < 1.29 is 5.11 Å². The lowest BCUT2D eigenvalue weighted by Crippen LogP contribution is -2.18. The van der Waals surface area contributed by atoms with Gasteiger partial charge in [-0.1, -0.05) is 15.9 Å². The third-order valence-corrected chi connectivity index (χ3v) is 5.86. The summed E-state index contributed by atoms with van der Waals surface area (Å²) in [5, 5.41) is 14.8. The van der Waals surface area contributed by atoms with Crippen LogP contribution >= 0.6 is 27.3 Å². The molecule has 0 amide bonds. The van der Waals surface area contributed by atoms with Gasteiger partial charge >= 0.3 is 0 Å². The summed E-state index contributed by atoms with van der Waals surface area (Å²) in [7, 11) is 0. The molecule has 0 bridgehead atoms. The van der Waals surface area contributed by atoms with E-state index in [-0.39, 0.29) is 11.3 Å². The highest BCUT2D eigenvalue weighted by molar-refractivity contribution is 9.10. The van der Waals surface area contributed by atoms with E-state index in [1.165, 1.54) is 28.5 Å². The average molecular weight is 404 g/mol. The molecular formula is C17H14BrN3O2S. The highest BCUT2D eigenvalue weighted by Gasteiger charge is 2.19. The number of hydrogen-bond acceptors (Lipinski definition) is 5. The number of fused-ring (bicyclic) bond motifs is 3. The van der Waals surface area contributed by atoms with Gasteiger partial charge in [-0.2, -0.15) is 9.78 Å². The summed E-state index contributed by atoms with van der Waals surface area (Å²) in [4.78, 5) is 19.3. The van der Waals surface area contributed by atoms with Crippen LogP contribution in [0.4, 0.5) is 0 Å². The normalized spacial score (nSPS) is 14.4. The van der Waals surface area contributed by atoms with Crippen LogP contribution in [0.5, 0.6) is 5.75 Å². The quantitative estimate of drug-likeness (QED) is 0.663. The maximum atomic E-state index is 12.8. The van der Waals surface area contributed by atoms with E-state index in [0.29, 0.717) is 10.9 Å². The minimum absolute atomic E-state index is 0.108. The molecule has 0 fully saturated rings. The highest BCUT2D eigenvalue weighted by atomic mass is 79.9. The molecule has 1 aliphatic rings. The number of phenolic OH excluding ortho intramolecular Hbond substituents is 1. The summed E-state index contributed by atoms with van der Waals surface area (Å²) in [6, 6.07) is 5.05. The fourth-order valence-electron chi connectivity index (χ4n) is 2.97. The van der Waals surface area contributed by atoms with Gasteiger partial charge in [-0.05, 0) is 49.4 Å². The van der Waals surface area contributed by atoms with Gasteiger partial charge in [0.15, 0.2) is 0 Å². The van der Waals surface area contributed by atoms with Crippen molar-refractivity contribution in [1.29, 1.82) is 0 Å². The predicted molar refractivity (Wildman–Crippen MR) is 99.3 cm³/mol. The molecule has 0 aliphatic heterocycles. The molecule has 0 saturated carbocycles. The highest BCUT2D eigenvalue weighted by Crippen LogP contribution is 2.33. The van der Waals surface area contributed by atoms with Gasteiger partial charge in [0.25, 0.3) is 5.56 Å². The topological polar surface area (TPSA) is 67.5 Å². The SMILES string of the molecule is O=c1c2c3c(sc2ncn1N=Cc1cc(Br)ccc1O)CCCC3. The summed E-state index contributed by atoms with van der Waals surface area (Å²) >= 11 is 4.97. The number of benzene rings is 1. The monoisotopic (exact) mass is 403 g/mol. The van der Waals surface area contributed by atoms with E-state index >= 15 is 0 Å². The number of aryl methyl sites for hydroxylation is 2. The van der Waals surface area contributed by atoms with E-state index in [9.17, 15) is 9.90 Å². The first-order valence-corrected chi connectivity index (χ1v) is 9.29. The van der Waals surface area contributed by atoms with Gasteiger partial charge in [0, 0.05) is 14.9 Å². The molecule has 122 valence electrons. The molecule has 24 heavy (non-hydrogen) atoms. The summed E-state index contributed by atoms with van der Waals surface area (Å²) in [5.41, 5.74) is 1.53. The molecule has 0 spiro atoms. The van der Waals surface area contributed by atoms with Crippen molar-refractivity contribution in [2.75, 3.05) is 0 Å². The molecule has 0 atom stereocenters. The van der Waals surface area contributed by atoms with Crippen molar-refractivity contribution in [3.05, 3.63) is 55.4 Å². The second kappa shape index (κ2) is 6.14. The lowest BCUT2D eigenvalue weighted by atomic mass is 9.97. The molecule has 4 rings (SSSR count). The number of halogens is 1. The van der Waals surface area contributed by atoms with Crippen LogP contribution in [-0.2, 0) is 12.8 Å². The van der Waals surface area contributed by atoms with Crippen molar-refractivity contribution in [3.8, 4) is 5.75 Å². The molecule has 7 heteroatoms. The van der Waals surface area contributed by atoms with Gasteiger partial charge in [-0.15, -0.1) is 11.3 Å². The van der Waals surface area contributed by atoms with E-state index in [0.717, 1.165) is 34.1 Å². The zero-order valence-corrected chi connectivity index (χ0v) is 15.1. The maximum absolute atomic E-state index is 12.8. The van der Waals surface area contributed by atoms with Gasteiger partial charge in [-0.25, -0.2) is 4.98 Å². The van der Waals surface area contributed by atoms with E-state index in [1.54, 1.807) is 29.5 Å². The molecule has 3 aromatic rings. The molecule has 1 N–H and O–H groups in total. The number of aromatic hydroxyl groups is 1. The Kier molecular flexibility index (Phi) is 3.97. The summed E-state index contributed by atoms with van der Waals surface area (Å²) in [6.45, 7) is 0. The first-order valence-electron chi connectivity index (χ1n) is 7.68. The standard InChI is InChI=1S/C17H14BrN3O2S/c18-11-5-6-13(22)10(7-11)8-20-21-9-19-16-15(17(21)23)12-3-1-2-4-14(12)24-16/h5-9,22H,1-4H2. The zero-order valence-electron chi connectivity index (χ0n) is 12.7. The van der Waals surface area contributed by atoms with Gasteiger partial charge in [-0.3, -0.25) is 4.79 Å².